The van der Waals surface area contributed by atoms with Crippen LogP contribution in [-0.2, 0) is 4.79 Å². The van der Waals surface area contributed by atoms with Gasteiger partial charge in [-0.25, -0.2) is 0 Å². The largest absolute Gasteiger partial charge is 0.325 e. The minimum Gasteiger partial charge on any atom is -0.325 e. The van der Waals surface area contributed by atoms with Crippen molar-refractivity contribution in [1.29, 1.82) is 5.26 Å². The summed E-state index contributed by atoms with van der Waals surface area (Å²) in [4.78, 5) is 21.8. The van der Waals surface area contributed by atoms with Gasteiger partial charge in [-0.1, -0.05) is 24.9 Å². The van der Waals surface area contributed by atoms with Crippen LogP contribution < -0.4 is 5.32 Å². The highest BCUT2D eigenvalue weighted by atomic mass is 35.5. The average molecular weight is 282 g/mol. The van der Waals surface area contributed by atoms with Gasteiger partial charge in [0, 0.05) is 11.8 Å². The monoisotopic (exact) mass is 281 g/mol. The van der Waals surface area contributed by atoms with E-state index in [2.05, 4.69) is 5.32 Å². The Hall–Kier alpha value is -2.13. The van der Waals surface area contributed by atoms with Crippen LogP contribution in [0.4, 0.5) is 11.4 Å². The topological polar surface area (TPSA) is 96.0 Å². The van der Waals surface area contributed by atoms with E-state index in [0.29, 0.717) is 12.8 Å². The fraction of sp³-hybridized carbons (Fsp3) is 0.333. The van der Waals surface area contributed by atoms with Gasteiger partial charge in [-0.3, -0.25) is 14.9 Å². The summed E-state index contributed by atoms with van der Waals surface area (Å²) < 4.78 is 0. The van der Waals surface area contributed by atoms with Gasteiger partial charge < -0.3 is 5.32 Å². The molecule has 19 heavy (non-hydrogen) atoms. The quantitative estimate of drug-likeness (QED) is 0.662. The molecular weight excluding hydrogens is 270 g/mol. The number of nitriles is 1. The maximum Gasteiger partial charge on any atom is 0.289 e. The van der Waals surface area contributed by atoms with E-state index < -0.39 is 16.7 Å². The van der Waals surface area contributed by atoms with Crippen LogP contribution in [0.15, 0.2) is 18.2 Å². The SMILES string of the molecule is CCCC(C#N)C(=O)Nc1ccc(Cl)c([N+](=O)[O-])c1. The van der Waals surface area contributed by atoms with Gasteiger partial charge in [0.1, 0.15) is 10.9 Å². The molecule has 0 spiro atoms. The number of nitro benzene ring substituents is 1. The molecule has 1 aromatic rings. The number of nitro groups is 1. The lowest BCUT2D eigenvalue weighted by Crippen LogP contribution is -2.21. The summed E-state index contributed by atoms with van der Waals surface area (Å²) in [7, 11) is 0. The molecule has 0 aliphatic rings. The Balaban J connectivity index is 2.89. The second-order valence-electron chi connectivity index (χ2n) is 3.88. The van der Waals surface area contributed by atoms with Crippen LogP contribution in [0.5, 0.6) is 0 Å². The minimum absolute atomic E-state index is 0.00612. The zero-order valence-electron chi connectivity index (χ0n) is 10.2. The number of hydrogen-bond acceptors (Lipinski definition) is 4. The van der Waals surface area contributed by atoms with Crippen molar-refractivity contribution < 1.29 is 9.72 Å². The van der Waals surface area contributed by atoms with Crippen molar-refractivity contribution in [1.82, 2.24) is 0 Å². The second kappa shape index (κ2) is 6.71. The first-order valence-corrected chi connectivity index (χ1v) is 6.01. The summed E-state index contributed by atoms with van der Waals surface area (Å²) in [6.45, 7) is 1.87. The van der Waals surface area contributed by atoms with Crippen molar-refractivity contribution in [2.45, 2.75) is 19.8 Å². The summed E-state index contributed by atoms with van der Waals surface area (Å²) in [5, 5.41) is 22.0. The maximum absolute atomic E-state index is 11.8. The Morgan fingerprint density at radius 1 is 1.63 bits per heavy atom. The Kier molecular flexibility index (Phi) is 5.27. The van der Waals surface area contributed by atoms with Gasteiger partial charge in [0.05, 0.1) is 11.0 Å². The van der Waals surface area contributed by atoms with E-state index in [0.717, 1.165) is 0 Å². The van der Waals surface area contributed by atoms with Crippen LogP contribution in [-0.4, -0.2) is 10.8 Å². The zero-order valence-corrected chi connectivity index (χ0v) is 11.0. The molecule has 0 aliphatic heterocycles. The number of nitrogens with zero attached hydrogens (tertiary/aromatic N) is 2. The van der Waals surface area contributed by atoms with Gasteiger partial charge in [-0.2, -0.15) is 5.26 Å². The first-order chi connectivity index (χ1) is 8.99. The van der Waals surface area contributed by atoms with E-state index in [1.54, 1.807) is 0 Å². The van der Waals surface area contributed by atoms with E-state index >= 15 is 0 Å². The fourth-order valence-electron chi connectivity index (χ4n) is 1.50. The molecule has 0 aromatic heterocycles. The molecule has 0 fully saturated rings. The lowest BCUT2D eigenvalue weighted by molar-refractivity contribution is -0.384. The summed E-state index contributed by atoms with van der Waals surface area (Å²) in [5.74, 6) is -1.24. The van der Waals surface area contributed by atoms with E-state index in [1.165, 1.54) is 18.2 Å². The Morgan fingerprint density at radius 3 is 2.84 bits per heavy atom. The zero-order chi connectivity index (χ0) is 14.4. The number of halogens is 1. The van der Waals surface area contributed by atoms with E-state index in [1.807, 2.05) is 13.0 Å². The first-order valence-electron chi connectivity index (χ1n) is 5.64. The van der Waals surface area contributed by atoms with Gasteiger partial charge in [-0.15, -0.1) is 0 Å². The normalized spacial score (nSPS) is 11.4. The van der Waals surface area contributed by atoms with Gasteiger partial charge in [0.15, 0.2) is 0 Å². The van der Waals surface area contributed by atoms with Gasteiger partial charge >= 0.3 is 0 Å². The van der Waals surface area contributed by atoms with Crippen LogP contribution in [0.25, 0.3) is 0 Å². The molecule has 1 aromatic carbocycles. The first kappa shape index (κ1) is 14.9. The van der Waals surface area contributed by atoms with Crippen LogP contribution in [0.1, 0.15) is 19.8 Å². The molecular formula is C12H12ClN3O3. The summed E-state index contributed by atoms with van der Waals surface area (Å²) in [5.41, 5.74) is -0.0408. The number of benzene rings is 1. The lowest BCUT2D eigenvalue weighted by Gasteiger charge is -2.09. The van der Waals surface area contributed by atoms with Crippen molar-refractivity contribution in [3.8, 4) is 6.07 Å². The molecule has 0 radical (unpaired) electrons. The third kappa shape index (κ3) is 3.93. The number of rotatable bonds is 5. The maximum atomic E-state index is 11.8. The molecule has 7 heteroatoms. The molecule has 1 amide bonds. The lowest BCUT2D eigenvalue weighted by atomic mass is 10.0. The average Bonchev–Trinajstić information content (AvgIpc) is 2.37. The number of hydrogen-bond donors (Lipinski definition) is 1. The summed E-state index contributed by atoms with van der Waals surface area (Å²) in [6, 6.07) is 5.85. The van der Waals surface area contributed by atoms with E-state index in [9.17, 15) is 14.9 Å². The Morgan fingerprint density at radius 2 is 2.32 bits per heavy atom. The molecule has 0 bridgehead atoms. The predicted octanol–water partition coefficient (Wildman–Crippen LogP) is 3.13. The highest BCUT2D eigenvalue weighted by Gasteiger charge is 2.19. The third-order valence-corrected chi connectivity index (χ3v) is 2.78. The van der Waals surface area contributed by atoms with Gasteiger partial charge in [0.25, 0.3) is 5.69 Å². The molecule has 0 aliphatic carbocycles. The van der Waals surface area contributed by atoms with Crippen molar-refractivity contribution >= 4 is 28.9 Å². The van der Waals surface area contributed by atoms with Crippen LogP contribution in [0.3, 0.4) is 0 Å². The smallest absolute Gasteiger partial charge is 0.289 e. The third-order valence-electron chi connectivity index (χ3n) is 2.46. The second-order valence-corrected chi connectivity index (χ2v) is 4.29. The molecule has 100 valence electrons. The van der Waals surface area contributed by atoms with Crippen molar-refractivity contribution in [3.05, 3.63) is 33.3 Å². The Bertz CT molecular complexity index is 540. The number of anilines is 1. The summed E-state index contributed by atoms with van der Waals surface area (Å²) >= 11 is 5.66. The molecule has 0 heterocycles. The van der Waals surface area contributed by atoms with Crippen molar-refractivity contribution in [2.75, 3.05) is 5.32 Å². The molecule has 0 saturated carbocycles. The number of amides is 1. The number of nitrogens with one attached hydrogen (secondary N) is 1. The Labute approximate surface area is 115 Å². The van der Waals surface area contributed by atoms with Crippen LogP contribution >= 0.6 is 11.6 Å². The molecule has 1 unspecified atom stereocenters. The number of carbonyl (C=O) groups excluding carboxylic acids is 1. The van der Waals surface area contributed by atoms with Gasteiger partial charge in [0.2, 0.25) is 5.91 Å². The molecule has 1 N–H and O–H groups in total. The standard InChI is InChI=1S/C12H12ClN3O3/c1-2-3-8(7-14)12(17)15-9-4-5-10(13)11(6-9)16(18)19/h4-6,8H,2-3H2,1H3,(H,15,17). The highest BCUT2D eigenvalue weighted by molar-refractivity contribution is 6.32. The van der Waals surface area contributed by atoms with Gasteiger partial charge in [-0.05, 0) is 18.6 Å². The van der Waals surface area contributed by atoms with E-state index in [-0.39, 0.29) is 16.4 Å². The van der Waals surface area contributed by atoms with Crippen molar-refractivity contribution in [2.24, 2.45) is 5.92 Å². The molecule has 1 atom stereocenters. The highest BCUT2D eigenvalue weighted by Crippen LogP contribution is 2.27. The predicted molar refractivity (Wildman–Crippen MR) is 70.7 cm³/mol. The molecule has 6 nitrogen and oxygen atoms in total. The van der Waals surface area contributed by atoms with Crippen LogP contribution in [0.2, 0.25) is 5.02 Å². The summed E-state index contributed by atoms with van der Waals surface area (Å²) in [6.07, 6.45) is 1.14. The minimum atomic E-state index is -0.764. The number of carbonyl (C=O) groups is 1. The molecule has 0 saturated heterocycles. The van der Waals surface area contributed by atoms with E-state index in [4.69, 9.17) is 16.9 Å². The molecule has 1 rings (SSSR count). The van der Waals surface area contributed by atoms with Crippen molar-refractivity contribution in [3.63, 3.8) is 0 Å². The van der Waals surface area contributed by atoms with Crippen LogP contribution in [0, 0.1) is 27.4 Å². The fourth-order valence-corrected chi connectivity index (χ4v) is 1.69.